The summed E-state index contributed by atoms with van der Waals surface area (Å²) >= 11 is 10.5. The molecule has 17 heteroatoms. The normalized spacial score (nSPS) is 28.9. The van der Waals surface area contributed by atoms with E-state index in [-0.39, 0.29) is 43.7 Å². The molecule has 2 radical (unpaired) electrons. The van der Waals surface area contributed by atoms with Gasteiger partial charge in [0, 0.05) is 57.2 Å². The summed E-state index contributed by atoms with van der Waals surface area (Å²) in [6, 6.07) is 8.55. The predicted molar refractivity (Wildman–Crippen MR) is 201 cm³/mol. The summed E-state index contributed by atoms with van der Waals surface area (Å²) in [5, 5.41) is 36.8. The number of rotatable bonds is 22. The van der Waals surface area contributed by atoms with Crippen LogP contribution in [0.2, 0.25) is 0 Å². The van der Waals surface area contributed by atoms with Crippen LogP contribution in [-0.4, -0.2) is 116 Å². The average Bonchev–Trinajstić information content (AvgIpc) is 3.41. The van der Waals surface area contributed by atoms with Gasteiger partial charge in [0.25, 0.3) is 0 Å². The van der Waals surface area contributed by atoms with E-state index in [1.807, 2.05) is 37.3 Å². The van der Waals surface area contributed by atoms with Gasteiger partial charge in [0.1, 0.15) is 33.3 Å². The molecule has 1 saturated heterocycles. The highest BCUT2D eigenvalue weighted by atomic mass is 32.5. The molecule has 1 aliphatic carbocycles. The van der Waals surface area contributed by atoms with Crippen molar-refractivity contribution in [3.05, 3.63) is 35.9 Å². The Morgan fingerprint density at radius 1 is 1.02 bits per heavy atom. The van der Waals surface area contributed by atoms with Crippen molar-refractivity contribution < 1.29 is 53.0 Å². The monoisotopic (exact) mass is 774 g/mol. The number of unbranched alkanes of at least 4 members (excludes halogenated alkanes) is 5. The Morgan fingerprint density at radius 2 is 1.69 bits per heavy atom. The molecular formula is C34H56BN2O11PS2. The summed E-state index contributed by atoms with van der Waals surface area (Å²) in [6.07, 6.45) is 3.41. The standard InChI is InChI=1S/C34H56BN2O11PS2/c1-23-27(19-25(20-38)30(40)29(23)39)44-18-12-11-17-37-33(50)36-16-10-5-3-4-9-15-26-31(48-49(42,51)43-2)28(47-32(26)35)22-46-34(41)45-21-24-13-7-6-8-14-24/h6-8,13-14,23,25-32,38-40H,3-5,9-12,15-22H2,1-2H3,(H,42,51)(H2,36,37,50)/t23-,25+,26-,27+,28+,29+,30-,31?,32+,49?/m0/s1. The summed E-state index contributed by atoms with van der Waals surface area (Å²) in [5.41, 5.74) is 0.827. The lowest BCUT2D eigenvalue weighted by atomic mass is 9.77. The minimum absolute atomic E-state index is 0.0704. The van der Waals surface area contributed by atoms with E-state index >= 15 is 0 Å². The molecule has 1 heterocycles. The van der Waals surface area contributed by atoms with Crippen molar-refractivity contribution in [3.8, 4) is 0 Å². The zero-order valence-electron chi connectivity index (χ0n) is 29.7. The van der Waals surface area contributed by atoms with Crippen LogP contribution in [0.1, 0.15) is 70.3 Å². The van der Waals surface area contributed by atoms with Gasteiger partial charge in [-0.2, -0.15) is 0 Å². The lowest BCUT2D eigenvalue weighted by Gasteiger charge is -2.40. The van der Waals surface area contributed by atoms with Crippen molar-refractivity contribution in [2.75, 3.05) is 40.0 Å². The number of aliphatic hydroxyl groups is 3. The molecule has 2 unspecified atom stereocenters. The first-order valence-corrected chi connectivity index (χ1v) is 20.9. The second kappa shape index (κ2) is 23.4. The number of thiocarbonyl (C=S) groups is 1. The first-order valence-electron chi connectivity index (χ1n) is 17.9. The quantitative estimate of drug-likeness (QED) is 0.0332. The van der Waals surface area contributed by atoms with Gasteiger partial charge in [-0.1, -0.05) is 62.9 Å². The maximum absolute atomic E-state index is 12.2. The van der Waals surface area contributed by atoms with Crippen molar-refractivity contribution in [2.45, 2.75) is 108 Å². The zero-order chi connectivity index (χ0) is 37.2. The first-order chi connectivity index (χ1) is 24.5. The molecule has 2 fully saturated rings. The Bertz CT molecular complexity index is 1210. The molecule has 13 nitrogen and oxygen atoms in total. The van der Waals surface area contributed by atoms with Gasteiger partial charge in [0.2, 0.25) is 0 Å². The Morgan fingerprint density at radius 3 is 2.37 bits per heavy atom. The molecule has 0 amide bonds. The van der Waals surface area contributed by atoms with Gasteiger partial charge >= 0.3 is 12.9 Å². The van der Waals surface area contributed by atoms with Crippen molar-refractivity contribution in [2.24, 2.45) is 17.8 Å². The number of benzene rings is 1. The van der Waals surface area contributed by atoms with Crippen LogP contribution >= 0.6 is 18.9 Å². The van der Waals surface area contributed by atoms with Crippen LogP contribution in [0, 0.1) is 17.8 Å². The average molecular weight is 775 g/mol. The van der Waals surface area contributed by atoms with Crippen LogP contribution in [0.3, 0.4) is 0 Å². The third kappa shape index (κ3) is 15.5. The van der Waals surface area contributed by atoms with Crippen LogP contribution in [0.5, 0.6) is 0 Å². The molecule has 1 aliphatic heterocycles. The van der Waals surface area contributed by atoms with E-state index in [4.69, 9.17) is 59.9 Å². The number of ether oxygens (including phenoxy) is 4. The van der Waals surface area contributed by atoms with E-state index in [2.05, 4.69) is 10.6 Å². The second-order valence-electron chi connectivity index (χ2n) is 13.2. The summed E-state index contributed by atoms with van der Waals surface area (Å²) in [7, 11) is 7.59. The van der Waals surface area contributed by atoms with E-state index in [9.17, 15) is 25.0 Å². The number of hydrogen-bond acceptors (Lipinski definition) is 12. The number of carbonyl (C=O) groups excluding carboxylic acids is 1. The lowest BCUT2D eigenvalue weighted by Crippen LogP contribution is -2.50. The van der Waals surface area contributed by atoms with Crippen molar-refractivity contribution >= 4 is 49.9 Å². The highest BCUT2D eigenvalue weighted by molar-refractivity contribution is 8.07. The fourth-order valence-corrected chi connectivity index (χ4v) is 7.57. The molecule has 0 aromatic heterocycles. The van der Waals surface area contributed by atoms with Gasteiger partial charge < -0.3 is 58.8 Å². The van der Waals surface area contributed by atoms with Gasteiger partial charge in [0.15, 0.2) is 5.11 Å². The van der Waals surface area contributed by atoms with E-state index in [0.29, 0.717) is 31.1 Å². The topological polar surface area (TPSA) is 177 Å². The minimum Gasteiger partial charge on any atom is -0.431 e. The highest BCUT2D eigenvalue weighted by Crippen LogP contribution is 2.48. The largest absolute Gasteiger partial charge is 0.508 e. The summed E-state index contributed by atoms with van der Waals surface area (Å²) in [5.74, 6) is -0.835. The molecule has 0 bridgehead atoms. The molecule has 288 valence electrons. The molecule has 6 N–H and O–H groups in total. The molecule has 1 aromatic carbocycles. The molecule has 3 rings (SSSR count). The minimum atomic E-state index is -3.54. The van der Waals surface area contributed by atoms with Gasteiger partial charge in [0.05, 0.1) is 18.3 Å². The SMILES string of the molecule is [B][C@@H]1O[C@H](COC(=O)OCc2ccccc2)C(OP(O)(=S)OC)[C@@H]1CCCCCCCNC(=S)NCCCCO[C@@H]1C[C@H](CO)[C@H](O)[C@H](O)[C@H]1C. The summed E-state index contributed by atoms with van der Waals surface area (Å²) in [4.78, 5) is 22.6. The Kier molecular flexibility index (Phi) is 20.2. The first kappa shape index (κ1) is 44.0. The van der Waals surface area contributed by atoms with Gasteiger partial charge in [-0.25, -0.2) is 4.79 Å². The zero-order valence-corrected chi connectivity index (χ0v) is 32.2. The molecule has 0 spiro atoms. The van der Waals surface area contributed by atoms with Crippen LogP contribution in [0.15, 0.2) is 30.3 Å². The molecule has 51 heavy (non-hydrogen) atoms. The fraction of sp³-hybridized carbons (Fsp3) is 0.765. The highest BCUT2D eigenvalue weighted by Gasteiger charge is 2.45. The second-order valence-corrected chi connectivity index (χ2v) is 16.5. The van der Waals surface area contributed by atoms with Gasteiger partial charge in [-0.15, -0.1) is 0 Å². The van der Waals surface area contributed by atoms with Crippen LogP contribution < -0.4 is 10.6 Å². The number of nitrogens with one attached hydrogen (secondary N) is 2. The number of hydrogen-bond donors (Lipinski definition) is 6. The molecular weight excluding hydrogens is 718 g/mol. The van der Waals surface area contributed by atoms with Gasteiger partial charge in [-0.3, -0.25) is 0 Å². The number of aliphatic hydroxyl groups excluding tert-OH is 3. The Balaban J connectivity index is 1.25. The van der Waals surface area contributed by atoms with Crippen molar-refractivity contribution in [1.82, 2.24) is 10.6 Å². The van der Waals surface area contributed by atoms with Gasteiger partial charge in [-0.05, 0) is 61.7 Å². The Labute approximate surface area is 314 Å². The van der Waals surface area contributed by atoms with E-state index in [1.54, 1.807) is 0 Å². The lowest BCUT2D eigenvalue weighted by molar-refractivity contribution is -0.143. The van der Waals surface area contributed by atoms with E-state index in [0.717, 1.165) is 57.1 Å². The predicted octanol–water partition coefficient (Wildman–Crippen LogP) is 3.44. The van der Waals surface area contributed by atoms with Crippen LogP contribution in [0.25, 0.3) is 0 Å². The summed E-state index contributed by atoms with van der Waals surface area (Å²) in [6.45, 7) is 0.0664. The maximum Gasteiger partial charge on any atom is 0.508 e. The molecule has 2 aliphatic rings. The maximum atomic E-state index is 12.2. The number of carbonyl (C=O) groups is 1. The third-order valence-corrected chi connectivity index (χ3v) is 11.5. The smallest absolute Gasteiger partial charge is 0.431 e. The van der Waals surface area contributed by atoms with Crippen LogP contribution in [0.4, 0.5) is 4.79 Å². The van der Waals surface area contributed by atoms with E-state index in [1.165, 1.54) is 7.11 Å². The molecule has 10 atom stereocenters. The fourth-order valence-electron chi connectivity index (χ4n) is 6.38. The Hall–Kier alpha value is -1.43. The van der Waals surface area contributed by atoms with Crippen LogP contribution in [-0.2, 0) is 46.4 Å². The summed E-state index contributed by atoms with van der Waals surface area (Å²) < 4.78 is 33.1. The third-order valence-electron chi connectivity index (χ3n) is 9.51. The van der Waals surface area contributed by atoms with Crippen molar-refractivity contribution in [3.63, 3.8) is 0 Å². The van der Waals surface area contributed by atoms with E-state index < -0.39 is 43.3 Å². The molecule has 1 aromatic rings. The van der Waals surface area contributed by atoms with Crippen molar-refractivity contribution in [1.29, 1.82) is 0 Å². The molecule has 1 saturated carbocycles.